The minimum atomic E-state index is -0.490. The summed E-state index contributed by atoms with van der Waals surface area (Å²) in [7, 11) is 0. The van der Waals surface area contributed by atoms with Gasteiger partial charge >= 0.3 is 0 Å². The number of rotatable bonds is 2. The third-order valence-corrected chi connectivity index (χ3v) is 3.94. The molecule has 1 aromatic carbocycles. The number of benzene rings is 1. The summed E-state index contributed by atoms with van der Waals surface area (Å²) in [5.41, 5.74) is 1.04. The normalized spacial score (nSPS) is 19.0. The van der Waals surface area contributed by atoms with E-state index in [4.69, 9.17) is 0 Å². The number of hydrogen-bond donors (Lipinski definition) is 1. The van der Waals surface area contributed by atoms with Gasteiger partial charge in [-0.2, -0.15) is 0 Å². The summed E-state index contributed by atoms with van der Waals surface area (Å²) in [5.74, 6) is -0.971. The van der Waals surface area contributed by atoms with Crippen LogP contribution >= 0.6 is 15.9 Å². The van der Waals surface area contributed by atoms with Gasteiger partial charge in [-0.05, 0) is 41.4 Å². The third kappa shape index (κ3) is 2.30. The van der Waals surface area contributed by atoms with Gasteiger partial charge in [-0.1, -0.05) is 0 Å². The largest absolute Gasteiger partial charge is 0.309 e. The minimum Gasteiger partial charge on any atom is -0.309 e. The number of hydrogen-bond acceptors (Lipinski definition) is 2. The van der Waals surface area contributed by atoms with Crippen molar-refractivity contribution in [2.24, 2.45) is 0 Å². The summed E-state index contributed by atoms with van der Waals surface area (Å²) in [6.07, 6.45) is 5.27. The zero-order valence-electron chi connectivity index (χ0n) is 10.0. The molecule has 1 fully saturated rings. The maximum absolute atomic E-state index is 14.0. The van der Waals surface area contributed by atoms with Crippen molar-refractivity contribution in [1.82, 2.24) is 14.9 Å². The van der Waals surface area contributed by atoms with Crippen LogP contribution in [0.1, 0.15) is 24.6 Å². The smallest absolute Gasteiger partial charge is 0.148 e. The Morgan fingerprint density at radius 1 is 1.32 bits per heavy atom. The molecule has 0 spiro atoms. The van der Waals surface area contributed by atoms with Gasteiger partial charge < -0.3 is 5.32 Å². The van der Waals surface area contributed by atoms with E-state index in [9.17, 15) is 8.78 Å². The van der Waals surface area contributed by atoms with Crippen LogP contribution < -0.4 is 5.32 Å². The molecule has 1 aliphatic heterocycles. The molecule has 0 saturated carbocycles. The van der Waals surface area contributed by atoms with Gasteiger partial charge in [-0.3, -0.25) is 4.57 Å². The Labute approximate surface area is 117 Å². The Morgan fingerprint density at radius 2 is 2.16 bits per heavy atom. The van der Waals surface area contributed by atoms with Crippen molar-refractivity contribution in [3.63, 3.8) is 0 Å². The van der Waals surface area contributed by atoms with Crippen LogP contribution in [0.3, 0.4) is 0 Å². The zero-order chi connectivity index (χ0) is 13.4. The summed E-state index contributed by atoms with van der Waals surface area (Å²) < 4.78 is 29.3. The highest BCUT2D eigenvalue weighted by Gasteiger charge is 2.22. The van der Waals surface area contributed by atoms with Crippen LogP contribution in [0.5, 0.6) is 0 Å². The molecule has 1 aromatic heterocycles. The molecule has 0 amide bonds. The van der Waals surface area contributed by atoms with E-state index in [1.807, 2.05) is 0 Å². The maximum atomic E-state index is 14.0. The van der Waals surface area contributed by atoms with Crippen molar-refractivity contribution >= 4 is 15.9 Å². The lowest BCUT2D eigenvalue weighted by Crippen LogP contribution is -2.16. The second-order valence-electron chi connectivity index (χ2n) is 4.56. The van der Waals surface area contributed by atoms with E-state index in [2.05, 4.69) is 26.2 Å². The summed E-state index contributed by atoms with van der Waals surface area (Å²) in [4.78, 5) is 4.06. The fraction of sp³-hybridized carbons (Fsp3) is 0.308. The first-order valence-corrected chi connectivity index (χ1v) is 6.86. The Hall–Kier alpha value is -1.27. The van der Waals surface area contributed by atoms with Gasteiger partial charge in [0.25, 0.3) is 0 Å². The van der Waals surface area contributed by atoms with Crippen molar-refractivity contribution in [2.75, 3.05) is 6.54 Å². The SMILES string of the molecule is Fc1cc(-n2cncc2[C@@H]2CCCN2)c(F)cc1Br. The fourth-order valence-electron chi connectivity index (χ4n) is 2.40. The summed E-state index contributed by atoms with van der Waals surface area (Å²) >= 11 is 2.98. The topological polar surface area (TPSA) is 29.9 Å². The maximum Gasteiger partial charge on any atom is 0.148 e. The highest BCUT2D eigenvalue weighted by molar-refractivity contribution is 9.10. The van der Waals surface area contributed by atoms with Crippen LogP contribution in [0.25, 0.3) is 5.69 Å². The van der Waals surface area contributed by atoms with Crippen LogP contribution in [-0.4, -0.2) is 16.1 Å². The molecule has 1 aliphatic rings. The molecule has 19 heavy (non-hydrogen) atoms. The van der Waals surface area contributed by atoms with E-state index in [1.165, 1.54) is 12.4 Å². The van der Waals surface area contributed by atoms with Gasteiger partial charge in [0, 0.05) is 12.1 Å². The molecule has 0 bridgehead atoms. The van der Waals surface area contributed by atoms with Gasteiger partial charge in [0.15, 0.2) is 0 Å². The van der Waals surface area contributed by atoms with Crippen LogP contribution in [-0.2, 0) is 0 Å². The first-order valence-electron chi connectivity index (χ1n) is 6.07. The summed E-state index contributed by atoms with van der Waals surface area (Å²) in [5, 5.41) is 3.33. The number of aromatic nitrogens is 2. The van der Waals surface area contributed by atoms with Gasteiger partial charge in [-0.25, -0.2) is 13.8 Å². The fourth-order valence-corrected chi connectivity index (χ4v) is 2.71. The first-order chi connectivity index (χ1) is 9.16. The molecule has 3 nitrogen and oxygen atoms in total. The van der Waals surface area contributed by atoms with Crippen molar-refractivity contribution < 1.29 is 8.78 Å². The number of nitrogens with zero attached hydrogens (tertiary/aromatic N) is 2. The average molecular weight is 328 g/mol. The van der Waals surface area contributed by atoms with Crippen molar-refractivity contribution in [2.45, 2.75) is 18.9 Å². The molecule has 2 heterocycles. The Balaban J connectivity index is 2.07. The van der Waals surface area contributed by atoms with E-state index in [0.29, 0.717) is 0 Å². The molecule has 1 N–H and O–H groups in total. The molecule has 0 aliphatic carbocycles. The molecule has 6 heteroatoms. The summed E-state index contributed by atoms with van der Waals surface area (Å²) in [6, 6.07) is 2.46. The molecule has 0 unspecified atom stereocenters. The molecule has 3 rings (SSSR count). The second kappa shape index (κ2) is 5.02. The predicted molar refractivity (Wildman–Crippen MR) is 71.2 cm³/mol. The number of nitrogens with one attached hydrogen (secondary N) is 1. The Kier molecular flexibility index (Phi) is 3.36. The molecular weight excluding hydrogens is 316 g/mol. The standard InChI is InChI=1S/C13H12BrF2N3/c14-8-4-10(16)12(5-9(8)15)19-7-17-6-13(19)11-2-1-3-18-11/h4-7,11,18H,1-3H2/t11-/m0/s1. The Bertz CT molecular complexity index is 606. The van der Waals surface area contributed by atoms with Crippen LogP contribution in [0.15, 0.2) is 29.1 Å². The monoisotopic (exact) mass is 327 g/mol. The molecule has 2 aromatic rings. The third-order valence-electron chi connectivity index (χ3n) is 3.33. The zero-order valence-corrected chi connectivity index (χ0v) is 11.6. The van der Waals surface area contributed by atoms with Crippen LogP contribution in [0.4, 0.5) is 8.78 Å². The van der Waals surface area contributed by atoms with Crippen molar-refractivity contribution in [3.05, 3.63) is 46.5 Å². The molecular formula is C13H12BrF2N3. The van der Waals surface area contributed by atoms with E-state index in [-0.39, 0.29) is 16.2 Å². The molecule has 100 valence electrons. The quantitative estimate of drug-likeness (QED) is 0.857. The first kappa shape index (κ1) is 12.7. The Morgan fingerprint density at radius 3 is 2.89 bits per heavy atom. The second-order valence-corrected chi connectivity index (χ2v) is 5.41. The van der Waals surface area contributed by atoms with Gasteiger partial charge in [0.2, 0.25) is 0 Å². The number of imidazole rings is 1. The van der Waals surface area contributed by atoms with E-state index >= 15 is 0 Å². The van der Waals surface area contributed by atoms with Gasteiger partial charge in [0.05, 0.1) is 28.4 Å². The van der Waals surface area contributed by atoms with E-state index in [0.717, 1.165) is 31.1 Å². The van der Waals surface area contributed by atoms with Crippen molar-refractivity contribution in [3.8, 4) is 5.69 Å². The lowest BCUT2D eigenvalue weighted by Gasteiger charge is -2.14. The highest BCUT2D eigenvalue weighted by Crippen LogP contribution is 2.28. The highest BCUT2D eigenvalue weighted by atomic mass is 79.9. The molecule has 1 saturated heterocycles. The molecule has 0 radical (unpaired) electrons. The average Bonchev–Trinajstić information content (AvgIpc) is 3.03. The van der Waals surface area contributed by atoms with E-state index in [1.54, 1.807) is 10.8 Å². The lowest BCUT2D eigenvalue weighted by molar-refractivity contribution is 0.573. The van der Waals surface area contributed by atoms with E-state index < -0.39 is 11.6 Å². The van der Waals surface area contributed by atoms with Crippen LogP contribution in [0, 0.1) is 11.6 Å². The van der Waals surface area contributed by atoms with Gasteiger partial charge in [-0.15, -0.1) is 0 Å². The van der Waals surface area contributed by atoms with Crippen LogP contribution in [0.2, 0.25) is 0 Å². The van der Waals surface area contributed by atoms with Gasteiger partial charge in [0.1, 0.15) is 11.6 Å². The predicted octanol–water partition coefficient (Wildman–Crippen LogP) is 3.34. The molecule has 1 atom stereocenters. The van der Waals surface area contributed by atoms with Crippen molar-refractivity contribution in [1.29, 1.82) is 0 Å². The minimum absolute atomic E-state index is 0.120. The number of halogens is 3. The lowest BCUT2D eigenvalue weighted by atomic mass is 10.1. The summed E-state index contributed by atoms with van der Waals surface area (Å²) in [6.45, 7) is 0.938.